The number of rotatable bonds is 16. The largest absolute Gasteiger partial charge is 0.458 e. The van der Waals surface area contributed by atoms with Crippen LogP contribution in [0.25, 0.3) is 0 Å². The van der Waals surface area contributed by atoms with Crippen LogP contribution in [-0.2, 0) is 28.5 Å². The maximum absolute atomic E-state index is 11.4. The molecule has 0 fully saturated rings. The molecule has 0 amide bonds. The molecule has 0 rings (SSSR count). The Balaban J connectivity index is 3.14. The minimum absolute atomic E-state index is 0.0504. The van der Waals surface area contributed by atoms with Crippen LogP contribution in [0.3, 0.4) is 0 Å². The van der Waals surface area contributed by atoms with Gasteiger partial charge in [-0.05, 0) is 20.8 Å². The Bertz CT molecular complexity index is 297. The van der Waals surface area contributed by atoms with Crippen LogP contribution in [-0.4, -0.2) is 84.1 Å². The molecule has 3 N–H and O–H groups in total. The fraction of sp³-hybridized carbons (Fsp3) is 0.938. The fourth-order valence-corrected chi connectivity index (χ4v) is 1.57. The Morgan fingerprint density at radius 2 is 1.33 bits per heavy atom. The average Bonchev–Trinajstić information content (AvgIpc) is 2.49. The molecule has 0 aromatic heterocycles. The topological polar surface area (TPSA) is 101 Å². The molecule has 0 saturated heterocycles. The molecule has 0 aliphatic carbocycles. The maximum Gasteiger partial charge on any atom is 0.332 e. The number of nitrogens with two attached hydrogens (primary N) is 1. The maximum atomic E-state index is 11.4. The van der Waals surface area contributed by atoms with Crippen LogP contribution < -0.4 is 11.1 Å². The molecule has 8 nitrogen and oxygen atoms in total. The summed E-state index contributed by atoms with van der Waals surface area (Å²) >= 11 is 0. The highest BCUT2D eigenvalue weighted by molar-refractivity contribution is 5.71. The molecule has 0 spiro atoms. The third-order valence-corrected chi connectivity index (χ3v) is 2.49. The third kappa shape index (κ3) is 19.3. The Morgan fingerprint density at radius 1 is 0.833 bits per heavy atom. The molecule has 144 valence electrons. The van der Waals surface area contributed by atoms with E-state index in [1.807, 2.05) is 20.8 Å². The predicted molar refractivity (Wildman–Crippen MR) is 91.0 cm³/mol. The van der Waals surface area contributed by atoms with Gasteiger partial charge in [-0.2, -0.15) is 0 Å². The lowest BCUT2D eigenvalue weighted by Crippen LogP contribution is -2.27. The Morgan fingerprint density at radius 3 is 1.83 bits per heavy atom. The van der Waals surface area contributed by atoms with Crippen LogP contribution in [0.15, 0.2) is 0 Å². The highest BCUT2D eigenvalue weighted by Crippen LogP contribution is 2.06. The highest BCUT2D eigenvalue weighted by atomic mass is 16.6. The number of hydrogen-bond acceptors (Lipinski definition) is 8. The van der Waals surface area contributed by atoms with Gasteiger partial charge in [0.2, 0.25) is 0 Å². The second-order valence-corrected chi connectivity index (χ2v) is 6.01. The Labute approximate surface area is 145 Å². The summed E-state index contributed by atoms with van der Waals surface area (Å²) in [5, 5.41) is 3.20. The lowest BCUT2D eigenvalue weighted by molar-refractivity contribution is -0.160. The average molecular weight is 350 g/mol. The van der Waals surface area contributed by atoms with Crippen LogP contribution >= 0.6 is 0 Å². The molecular formula is C16H34N2O6. The first-order chi connectivity index (χ1) is 11.5. The molecule has 0 bridgehead atoms. The van der Waals surface area contributed by atoms with Gasteiger partial charge in [0, 0.05) is 19.6 Å². The van der Waals surface area contributed by atoms with E-state index < -0.39 is 5.60 Å². The minimum Gasteiger partial charge on any atom is -0.458 e. The summed E-state index contributed by atoms with van der Waals surface area (Å²) < 4.78 is 26.2. The van der Waals surface area contributed by atoms with Crippen molar-refractivity contribution in [1.29, 1.82) is 0 Å². The van der Waals surface area contributed by atoms with Crippen molar-refractivity contribution in [2.24, 2.45) is 5.73 Å². The van der Waals surface area contributed by atoms with E-state index in [0.29, 0.717) is 52.8 Å². The van der Waals surface area contributed by atoms with E-state index in [-0.39, 0.29) is 12.6 Å². The zero-order valence-electron chi connectivity index (χ0n) is 15.3. The zero-order valence-corrected chi connectivity index (χ0v) is 15.3. The molecule has 0 aliphatic rings. The molecule has 24 heavy (non-hydrogen) atoms. The van der Waals surface area contributed by atoms with Crippen LogP contribution in [0.4, 0.5) is 0 Å². The molecule has 0 aromatic rings. The van der Waals surface area contributed by atoms with Crippen molar-refractivity contribution in [1.82, 2.24) is 5.32 Å². The smallest absolute Gasteiger partial charge is 0.332 e. The van der Waals surface area contributed by atoms with Crippen molar-refractivity contribution in [2.75, 3.05) is 72.5 Å². The van der Waals surface area contributed by atoms with E-state index in [9.17, 15) is 4.79 Å². The minimum atomic E-state index is -0.482. The molecule has 0 heterocycles. The number of hydrogen-bond donors (Lipinski definition) is 2. The molecule has 0 aromatic carbocycles. The van der Waals surface area contributed by atoms with Crippen molar-refractivity contribution < 1.29 is 28.5 Å². The fourth-order valence-electron chi connectivity index (χ4n) is 1.57. The molecule has 0 atom stereocenters. The van der Waals surface area contributed by atoms with Gasteiger partial charge >= 0.3 is 5.97 Å². The van der Waals surface area contributed by atoms with Gasteiger partial charge in [-0.15, -0.1) is 0 Å². The van der Waals surface area contributed by atoms with E-state index in [0.717, 1.165) is 13.1 Å². The second kappa shape index (κ2) is 15.7. The first-order valence-corrected chi connectivity index (χ1v) is 8.39. The normalized spacial score (nSPS) is 11.7. The summed E-state index contributed by atoms with van der Waals surface area (Å²) in [6, 6.07) is 0. The Kier molecular flexibility index (Phi) is 15.2. The van der Waals surface area contributed by atoms with Crippen LogP contribution in [0.2, 0.25) is 0 Å². The van der Waals surface area contributed by atoms with Crippen LogP contribution in [0.5, 0.6) is 0 Å². The second-order valence-electron chi connectivity index (χ2n) is 6.01. The van der Waals surface area contributed by atoms with Gasteiger partial charge in [0.1, 0.15) is 12.2 Å². The van der Waals surface area contributed by atoms with Gasteiger partial charge in [-0.25, -0.2) is 4.79 Å². The van der Waals surface area contributed by atoms with Gasteiger partial charge in [0.25, 0.3) is 0 Å². The van der Waals surface area contributed by atoms with E-state index >= 15 is 0 Å². The zero-order chi connectivity index (χ0) is 18.1. The summed E-state index contributed by atoms with van der Waals surface area (Å²) in [6.45, 7) is 11.2. The van der Waals surface area contributed by atoms with E-state index in [1.54, 1.807) is 0 Å². The Hall–Kier alpha value is -0.770. The van der Waals surface area contributed by atoms with Crippen molar-refractivity contribution in [3.05, 3.63) is 0 Å². The summed E-state index contributed by atoms with van der Waals surface area (Å²) in [5.74, 6) is -0.363. The van der Waals surface area contributed by atoms with Gasteiger partial charge in [-0.1, -0.05) is 0 Å². The van der Waals surface area contributed by atoms with Crippen molar-refractivity contribution in [2.45, 2.75) is 26.4 Å². The van der Waals surface area contributed by atoms with Gasteiger partial charge < -0.3 is 34.7 Å². The van der Waals surface area contributed by atoms with Crippen LogP contribution in [0.1, 0.15) is 20.8 Å². The van der Waals surface area contributed by atoms with E-state index in [2.05, 4.69) is 5.32 Å². The van der Waals surface area contributed by atoms with Gasteiger partial charge in [0.15, 0.2) is 0 Å². The number of carbonyl (C=O) groups excluding carboxylic acids is 1. The summed E-state index contributed by atoms with van der Waals surface area (Å²) in [5.41, 5.74) is 4.81. The number of ether oxygens (including phenoxy) is 5. The first-order valence-electron chi connectivity index (χ1n) is 8.39. The van der Waals surface area contributed by atoms with Crippen molar-refractivity contribution >= 4 is 5.97 Å². The summed E-state index contributed by atoms with van der Waals surface area (Å²) in [4.78, 5) is 11.4. The van der Waals surface area contributed by atoms with Crippen molar-refractivity contribution in [3.63, 3.8) is 0 Å². The molecule has 0 saturated carbocycles. The molecule has 0 unspecified atom stereocenters. The third-order valence-electron chi connectivity index (χ3n) is 2.49. The van der Waals surface area contributed by atoms with E-state index in [1.165, 1.54) is 0 Å². The first kappa shape index (κ1) is 23.2. The van der Waals surface area contributed by atoms with Crippen molar-refractivity contribution in [3.8, 4) is 0 Å². The lowest BCUT2D eigenvalue weighted by atomic mass is 10.2. The number of carbonyl (C=O) groups is 1. The predicted octanol–water partition coefficient (Wildman–Crippen LogP) is -0.0572. The molecule has 8 heteroatoms. The lowest BCUT2D eigenvalue weighted by Gasteiger charge is -2.19. The van der Waals surface area contributed by atoms with Crippen LogP contribution in [0, 0.1) is 0 Å². The SMILES string of the molecule is CC(C)(C)OC(=O)COCCOCCNCCOCCOCCN. The molecule has 0 aliphatic heterocycles. The monoisotopic (exact) mass is 350 g/mol. The molecular weight excluding hydrogens is 316 g/mol. The summed E-state index contributed by atoms with van der Waals surface area (Å²) in [7, 11) is 0. The van der Waals surface area contributed by atoms with Gasteiger partial charge in [0.05, 0.1) is 46.2 Å². The highest BCUT2D eigenvalue weighted by Gasteiger charge is 2.15. The van der Waals surface area contributed by atoms with E-state index in [4.69, 9.17) is 29.4 Å². The summed E-state index contributed by atoms with van der Waals surface area (Å²) in [6.07, 6.45) is 0. The quantitative estimate of drug-likeness (QED) is 0.295. The number of nitrogens with one attached hydrogen (secondary N) is 1. The standard InChI is InChI=1S/C16H34N2O6/c1-16(2,3)24-15(19)14-23-13-12-22-9-6-18-5-8-21-11-10-20-7-4-17/h18H,4-14,17H2,1-3H3. The van der Waals surface area contributed by atoms with Gasteiger partial charge in [-0.3, -0.25) is 0 Å². The molecule has 0 radical (unpaired) electrons. The number of esters is 1.